The van der Waals surface area contributed by atoms with Crippen molar-refractivity contribution in [1.29, 1.82) is 0 Å². The van der Waals surface area contributed by atoms with Gasteiger partial charge < -0.3 is 5.11 Å². The second-order valence-corrected chi connectivity index (χ2v) is 4.70. The number of aliphatic hydroxyl groups excluding tert-OH is 1. The summed E-state index contributed by atoms with van der Waals surface area (Å²) in [6, 6.07) is 0. The monoisotopic (exact) mass is 164 g/mol. The molecule has 0 heterocycles. The van der Waals surface area contributed by atoms with Gasteiger partial charge in [0.2, 0.25) is 0 Å². The van der Waals surface area contributed by atoms with Crippen LogP contribution in [0.5, 0.6) is 0 Å². The summed E-state index contributed by atoms with van der Waals surface area (Å²) in [6.45, 7) is 0. The highest BCUT2D eigenvalue weighted by molar-refractivity contribution is 5.13. The van der Waals surface area contributed by atoms with E-state index in [1.807, 2.05) is 0 Å². The lowest BCUT2D eigenvalue weighted by Gasteiger charge is -2.44. The van der Waals surface area contributed by atoms with Crippen LogP contribution in [0.15, 0.2) is 12.2 Å². The number of fused-ring (bicyclic) bond motifs is 6. The van der Waals surface area contributed by atoms with E-state index in [2.05, 4.69) is 12.2 Å². The molecule has 0 amide bonds. The Balaban J connectivity index is 1.97. The molecule has 0 aromatic carbocycles. The van der Waals surface area contributed by atoms with Gasteiger partial charge in [0.25, 0.3) is 0 Å². The van der Waals surface area contributed by atoms with Crippen molar-refractivity contribution in [3.05, 3.63) is 12.2 Å². The van der Waals surface area contributed by atoms with E-state index in [9.17, 15) is 5.11 Å². The molecule has 0 aliphatic heterocycles. The number of hydrogen-bond donors (Lipinski definition) is 1. The van der Waals surface area contributed by atoms with Gasteiger partial charge in [-0.05, 0) is 42.9 Å². The lowest BCUT2D eigenvalue weighted by Crippen LogP contribution is -2.43. The van der Waals surface area contributed by atoms with Gasteiger partial charge in [0.15, 0.2) is 0 Å². The van der Waals surface area contributed by atoms with Crippen molar-refractivity contribution in [1.82, 2.24) is 0 Å². The molecule has 1 unspecified atom stereocenters. The van der Waals surface area contributed by atoms with Crippen LogP contribution in [-0.4, -0.2) is 11.2 Å². The van der Waals surface area contributed by atoms with E-state index in [4.69, 9.17) is 0 Å². The van der Waals surface area contributed by atoms with Crippen molar-refractivity contribution in [2.75, 3.05) is 0 Å². The Morgan fingerprint density at radius 1 is 1.00 bits per heavy atom. The van der Waals surface area contributed by atoms with Crippen molar-refractivity contribution in [3.8, 4) is 0 Å². The molecule has 66 valence electrons. The normalized spacial score (nSPS) is 55.9. The van der Waals surface area contributed by atoms with Crippen LogP contribution >= 0.6 is 0 Å². The molecule has 3 aliphatic carbocycles. The maximum Gasteiger partial charge on any atom is 0.0607 e. The summed E-state index contributed by atoms with van der Waals surface area (Å²) in [5, 5.41) is 10.0. The minimum atomic E-state index is 0.0255. The van der Waals surface area contributed by atoms with Gasteiger partial charge in [-0.25, -0.2) is 0 Å². The van der Waals surface area contributed by atoms with Crippen LogP contribution < -0.4 is 0 Å². The van der Waals surface area contributed by atoms with Gasteiger partial charge in [0.05, 0.1) is 6.10 Å². The van der Waals surface area contributed by atoms with E-state index < -0.39 is 0 Å². The number of aliphatic hydroxyl groups is 1. The van der Waals surface area contributed by atoms with E-state index >= 15 is 0 Å². The Morgan fingerprint density at radius 2 is 1.58 bits per heavy atom. The van der Waals surface area contributed by atoms with E-state index in [-0.39, 0.29) is 6.10 Å². The average Bonchev–Trinajstić information content (AvgIpc) is 2.47. The summed E-state index contributed by atoms with van der Waals surface area (Å²) in [7, 11) is 0. The standard InChI is InChI=1S/C11H16O/c12-11-9-2-1-3-10(11)8-5-4-7(9)6-8/h4-5,7-12H,1-3,6H2/t7-,8+,9-,10+,11?. The molecule has 3 aliphatic rings. The van der Waals surface area contributed by atoms with Crippen LogP contribution in [0.4, 0.5) is 0 Å². The molecule has 1 N–H and O–H groups in total. The summed E-state index contributed by atoms with van der Waals surface area (Å²) in [5.74, 6) is 2.67. The highest BCUT2D eigenvalue weighted by Gasteiger charge is 2.46. The van der Waals surface area contributed by atoms with Gasteiger partial charge in [-0.2, -0.15) is 0 Å². The molecule has 0 saturated heterocycles. The van der Waals surface area contributed by atoms with E-state index in [1.54, 1.807) is 0 Å². The fourth-order valence-corrected chi connectivity index (χ4v) is 3.57. The third kappa shape index (κ3) is 0.779. The van der Waals surface area contributed by atoms with Crippen molar-refractivity contribution in [2.24, 2.45) is 23.7 Å². The van der Waals surface area contributed by atoms with Gasteiger partial charge >= 0.3 is 0 Å². The zero-order chi connectivity index (χ0) is 8.13. The molecule has 0 aromatic rings. The van der Waals surface area contributed by atoms with Crippen LogP contribution in [0.2, 0.25) is 0 Å². The van der Waals surface area contributed by atoms with Crippen LogP contribution in [-0.2, 0) is 0 Å². The van der Waals surface area contributed by atoms with Gasteiger partial charge in [-0.1, -0.05) is 18.6 Å². The van der Waals surface area contributed by atoms with Crippen LogP contribution in [0.1, 0.15) is 25.7 Å². The second-order valence-electron chi connectivity index (χ2n) is 4.70. The lowest BCUT2D eigenvalue weighted by atomic mass is 9.64. The van der Waals surface area contributed by atoms with Crippen LogP contribution in [0.3, 0.4) is 0 Å². The van der Waals surface area contributed by atoms with Gasteiger partial charge in [-0.15, -0.1) is 0 Å². The van der Waals surface area contributed by atoms with Crippen LogP contribution in [0.25, 0.3) is 0 Å². The van der Waals surface area contributed by atoms with Crippen molar-refractivity contribution in [3.63, 3.8) is 0 Å². The highest BCUT2D eigenvalue weighted by Crippen LogP contribution is 2.50. The fourth-order valence-electron chi connectivity index (χ4n) is 3.57. The smallest absolute Gasteiger partial charge is 0.0607 e. The minimum absolute atomic E-state index is 0.0255. The molecule has 1 nitrogen and oxygen atoms in total. The Kier molecular flexibility index (Phi) is 1.40. The molecule has 0 radical (unpaired) electrons. The van der Waals surface area contributed by atoms with Crippen molar-refractivity contribution < 1.29 is 5.11 Å². The second kappa shape index (κ2) is 2.35. The topological polar surface area (TPSA) is 20.2 Å². The van der Waals surface area contributed by atoms with E-state index in [0.29, 0.717) is 11.8 Å². The Bertz CT molecular complexity index is 201. The SMILES string of the molecule is OC1[C@H]2CCC[C@@H]1[C@@H]1C=C[C@H]2C1. The van der Waals surface area contributed by atoms with Gasteiger partial charge in [-0.3, -0.25) is 0 Å². The maximum atomic E-state index is 10.0. The number of rotatable bonds is 0. The summed E-state index contributed by atoms with van der Waals surface area (Å²) < 4.78 is 0. The molecule has 1 heteroatoms. The molecule has 12 heavy (non-hydrogen) atoms. The Morgan fingerprint density at radius 3 is 2.17 bits per heavy atom. The van der Waals surface area contributed by atoms with Crippen LogP contribution in [0, 0.1) is 23.7 Å². The maximum absolute atomic E-state index is 10.0. The summed E-state index contributed by atoms with van der Waals surface area (Å²) in [4.78, 5) is 0. The summed E-state index contributed by atoms with van der Waals surface area (Å²) >= 11 is 0. The minimum Gasteiger partial charge on any atom is -0.393 e. The Labute approximate surface area is 73.5 Å². The van der Waals surface area contributed by atoms with Crippen molar-refractivity contribution in [2.45, 2.75) is 31.8 Å². The summed E-state index contributed by atoms with van der Waals surface area (Å²) in [6.07, 6.45) is 9.97. The predicted octanol–water partition coefficient (Wildman–Crippen LogP) is 1.97. The predicted molar refractivity (Wildman–Crippen MR) is 47.6 cm³/mol. The molecule has 0 spiro atoms. The third-order valence-electron chi connectivity index (χ3n) is 4.20. The third-order valence-corrected chi connectivity index (χ3v) is 4.20. The molecule has 3 rings (SSSR count). The molecule has 2 fully saturated rings. The zero-order valence-corrected chi connectivity index (χ0v) is 7.32. The lowest BCUT2D eigenvalue weighted by molar-refractivity contribution is -0.0452. The average molecular weight is 164 g/mol. The highest BCUT2D eigenvalue weighted by atomic mass is 16.3. The van der Waals surface area contributed by atoms with E-state index in [0.717, 1.165) is 11.8 Å². The Hall–Kier alpha value is -0.300. The largest absolute Gasteiger partial charge is 0.393 e. The fraction of sp³-hybridized carbons (Fsp3) is 0.818. The molecular formula is C11H16O. The van der Waals surface area contributed by atoms with Gasteiger partial charge in [0, 0.05) is 0 Å². The first-order valence-corrected chi connectivity index (χ1v) is 5.22. The molecule has 0 aromatic heterocycles. The quantitative estimate of drug-likeness (QED) is 0.543. The molecule has 4 bridgehead atoms. The molecule has 2 saturated carbocycles. The first kappa shape index (κ1) is 7.14. The van der Waals surface area contributed by atoms with Gasteiger partial charge in [0.1, 0.15) is 0 Å². The van der Waals surface area contributed by atoms with Crippen molar-refractivity contribution >= 4 is 0 Å². The first-order chi connectivity index (χ1) is 5.86. The molecular weight excluding hydrogens is 148 g/mol. The number of allylic oxidation sites excluding steroid dienone is 2. The number of hydrogen-bond acceptors (Lipinski definition) is 1. The van der Waals surface area contributed by atoms with E-state index in [1.165, 1.54) is 25.7 Å². The summed E-state index contributed by atoms with van der Waals surface area (Å²) in [5.41, 5.74) is 0. The molecule has 5 atom stereocenters. The first-order valence-electron chi connectivity index (χ1n) is 5.22. The zero-order valence-electron chi connectivity index (χ0n) is 7.32.